The third kappa shape index (κ3) is 41.5. The Morgan fingerprint density at radius 2 is 2.22 bits per heavy atom. The third-order valence-corrected chi connectivity index (χ3v) is 0.762. The molecule has 0 aromatic heterocycles. The summed E-state index contributed by atoms with van der Waals surface area (Å²) < 4.78 is 0. The van der Waals surface area contributed by atoms with Crippen LogP contribution in [0.2, 0.25) is 0 Å². The van der Waals surface area contributed by atoms with E-state index in [9.17, 15) is 0 Å². The number of hydrogen-bond donors (Lipinski definition) is 1. The second-order valence-electron chi connectivity index (χ2n) is 1.53. The molecule has 0 saturated carbocycles. The molecule has 0 aliphatic carbocycles. The summed E-state index contributed by atoms with van der Waals surface area (Å²) in [6.45, 7) is 5.78. The van der Waals surface area contributed by atoms with Crippen molar-refractivity contribution in [1.29, 1.82) is 5.41 Å². The molecule has 0 aliphatic rings. The van der Waals surface area contributed by atoms with Crippen molar-refractivity contribution >= 4 is 6.08 Å². The van der Waals surface area contributed by atoms with Crippen LogP contribution >= 0.6 is 0 Å². The molecule has 0 spiro atoms. The zero-order chi connectivity index (χ0) is 7.54. The van der Waals surface area contributed by atoms with Crippen LogP contribution in [0.3, 0.4) is 0 Å². The molecule has 2 heteroatoms. The fraction of sp³-hybridized carbons (Fsp3) is 0.571. The van der Waals surface area contributed by atoms with Gasteiger partial charge in [0.25, 0.3) is 0 Å². The van der Waals surface area contributed by atoms with E-state index in [2.05, 4.69) is 13.5 Å². The minimum Gasteiger partial charge on any atom is -0.222 e. The van der Waals surface area contributed by atoms with Crippen molar-refractivity contribution in [2.45, 2.75) is 26.2 Å². The summed E-state index contributed by atoms with van der Waals surface area (Å²) in [6.07, 6.45) is 6.47. The Hall–Kier alpha value is -0.880. The lowest BCUT2D eigenvalue weighted by molar-refractivity contribution is 0.563. The molecule has 0 radical (unpaired) electrons. The number of unbranched alkanes of at least 4 members (excludes halogenated alkanes) is 2. The third-order valence-electron chi connectivity index (χ3n) is 0.762. The van der Waals surface area contributed by atoms with E-state index in [-0.39, 0.29) is 0 Å². The molecule has 9 heavy (non-hydrogen) atoms. The maximum absolute atomic E-state index is 8.35. The van der Waals surface area contributed by atoms with Crippen molar-refractivity contribution in [2.24, 2.45) is 0 Å². The highest BCUT2D eigenvalue weighted by atomic mass is 16.1. The minimum absolute atomic E-state index is 0.750. The average Bonchev–Trinajstić information content (AvgIpc) is 1.86. The van der Waals surface area contributed by atoms with Crippen LogP contribution in [-0.4, -0.2) is 6.08 Å². The number of hydrogen-bond acceptors (Lipinski definition) is 2. The zero-order valence-electron chi connectivity index (χ0n) is 5.81. The second kappa shape index (κ2) is 15.7. The van der Waals surface area contributed by atoms with E-state index < -0.39 is 0 Å². The van der Waals surface area contributed by atoms with Crippen LogP contribution in [0, 0.1) is 5.41 Å². The number of rotatable bonds is 3. The van der Waals surface area contributed by atoms with Gasteiger partial charge in [0.05, 0.1) is 0 Å². The lowest BCUT2D eigenvalue weighted by Gasteiger charge is -1.81. The predicted molar refractivity (Wildman–Crippen MR) is 38.1 cm³/mol. The van der Waals surface area contributed by atoms with Crippen LogP contribution in [0.4, 0.5) is 0 Å². The van der Waals surface area contributed by atoms with Crippen LogP contribution in [0.25, 0.3) is 0 Å². The maximum Gasteiger partial charge on any atom is 0.231 e. The van der Waals surface area contributed by atoms with Crippen molar-refractivity contribution in [3.05, 3.63) is 12.7 Å². The van der Waals surface area contributed by atoms with Gasteiger partial charge >= 0.3 is 0 Å². The summed E-state index contributed by atoms with van der Waals surface area (Å²) in [5, 5.41) is 5.40. The second-order valence-corrected chi connectivity index (χ2v) is 1.53. The van der Waals surface area contributed by atoms with Gasteiger partial charge in [0.2, 0.25) is 6.08 Å². The van der Waals surface area contributed by atoms with E-state index in [1.54, 1.807) is 0 Å². The Morgan fingerprint density at radius 1 is 1.78 bits per heavy atom. The van der Waals surface area contributed by atoms with Crippen LogP contribution < -0.4 is 0 Å². The summed E-state index contributed by atoms with van der Waals surface area (Å²) in [5.41, 5.74) is 0. The molecule has 2 nitrogen and oxygen atoms in total. The molecule has 0 saturated heterocycles. The van der Waals surface area contributed by atoms with Gasteiger partial charge in [-0.1, -0.05) is 25.8 Å². The largest absolute Gasteiger partial charge is 0.231 e. The highest BCUT2D eigenvalue weighted by molar-refractivity contribution is 5.26. The van der Waals surface area contributed by atoms with E-state index in [1.807, 2.05) is 6.08 Å². The van der Waals surface area contributed by atoms with Crippen LogP contribution in [-0.2, 0) is 4.79 Å². The predicted octanol–water partition coefficient (Wildman–Crippen LogP) is 2.26. The normalized spacial score (nSPS) is 6.33. The Kier molecular flexibility index (Phi) is 19.2. The number of allylic oxidation sites excluding steroid dienone is 1. The van der Waals surface area contributed by atoms with Gasteiger partial charge in [-0.3, -0.25) is 0 Å². The molecule has 0 aliphatic heterocycles. The van der Waals surface area contributed by atoms with Gasteiger partial charge in [-0.05, 0) is 6.42 Å². The lowest BCUT2D eigenvalue weighted by atomic mass is 10.3. The molecule has 0 unspecified atom stereocenters. The Balaban J connectivity index is 0. The monoisotopic (exact) mass is 127 g/mol. The van der Waals surface area contributed by atoms with Gasteiger partial charge in [-0.2, -0.15) is 0 Å². The molecule has 0 amide bonds. The fourth-order valence-corrected chi connectivity index (χ4v) is 0.348. The first kappa shape index (κ1) is 11.0. The fourth-order valence-electron chi connectivity index (χ4n) is 0.348. The number of carbonyl (C=O) groups excluding carboxylic acids is 1. The molecule has 0 fully saturated rings. The topological polar surface area (TPSA) is 40.9 Å². The first-order valence-electron chi connectivity index (χ1n) is 2.98. The van der Waals surface area contributed by atoms with Crippen molar-refractivity contribution in [1.82, 2.24) is 0 Å². The summed E-state index contributed by atoms with van der Waals surface area (Å²) in [7, 11) is 0. The molecular formula is C7H13NO. The van der Waals surface area contributed by atoms with Gasteiger partial charge < -0.3 is 0 Å². The van der Waals surface area contributed by atoms with Crippen LogP contribution in [0.15, 0.2) is 12.7 Å². The van der Waals surface area contributed by atoms with Gasteiger partial charge in [0.1, 0.15) is 0 Å². The quantitative estimate of drug-likeness (QED) is 0.268. The molecule has 52 valence electrons. The smallest absolute Gasteiger partial charge is 0.222 e. The van der Waals surface area contributed by atoms with E-state index in [4.69, 9.17) is 10.2 Å². The number of nitrogens with one attached hydrogen (secondary N) is 1. The minimum atomic E-state index is 0.750. The summed E-state index contributed by atoms with van der Waals surface area (Å²) in [5.74, 6) is 0. The molecule has 0 aromatic carbocycles. The Bertz CT molecular complexity index is 82.9. The highest BCUT2D eigenvalue weighted by Gasteiger charge is 1.71. The molecule has 0 rings (SSSR count). The lowest BCUT2D eigenvalue weighted by Crippen LogP contribution is -1.61. The van der Waals surface area contributed by atoms with Gasteiger partial charge in [0, 0.05) is 0 Å². The molecule has 0 heterocycles. The van der Waals surface area contributed by atoms with Crippen molar-refractivity contribution in [3.8, 4) is 0 Å². The van der Waals surface area contributed by atoms with E-state index in [0.29, 0.717) is 0 Å². The zero-order valence-corrected chi connectivity index (χ0v) is 5.81. The molecule has 0 bridgehead atoms. The average molecular weight is 127 g/mol. The Morgan fingerprint density at radius 3 is 2.33 bits per heavy atom. The summed E-state index contributed by atoms with van der Waals surface area (Å²) >= 11 is 0. The van der Waals surface area contributed by atoms with Gasteiger partial charge in [-0.25, -0.2) is 10.2 Å². The van der Waals surface area contributed by atoms with Crippen molar-refractivity contribution < 1.29 is 4.79 Å². The van der Waals surface area contributed by atoms with Crippen LogP contribution in [0.1, 0.15) is 26.2 Å². The van der Waals surface area contributed by atoms with Crippen molar-refractivity contribution in [3.63, 3.8) is 0 Å². The van der Waals surface area contributed by atoms with E-state index in [0.717, 1.165) is 6.08 Å². The summed E-state index contributed by atoms with van der Waals surface area (Å²) in [6, 6.07) is 0. The highest BCUT2D eigenvalue weighted by Crippen LogP contribution is 1.91. The SMILES string of the molecule is C=CCCCC.N=C=O. The van der Waals surface area contributed by atoms with Crippen molar-refractivity contribution in [2.75, 3.05) is 0 Å². The van der Waals surface area contributed by atoms with E-state index in [1.165, 1.54) is 19.3 Å². The van der Waals surface area contributed by atoms with E-state index >= 15 is 0 Å². The molecular weight excluding hydrogens is 114 g/mol. The standard InChI is InChI=1S/C6H12.CHNO/c1-3-5-6-4-2;2-1-3/h3H,1,4-6H2,2H3;2H. The first-order valence-corrected chi connectivity index (χ1v) is 2.98. The van der Waals surface area contributed by atoms with Gasteiger partial charge in [-0.15, -0.1) is 6.58 Å². The number of isocyanates is 1. The van der Waals surface area contributed by atoms with Gasteiger partial charge in [0.15, 0.2) is 0 Å². The maximum atomic E-state index is 8.35. The molecule has 0 atom stereocenters. The van der Waals surface area contributed by atoms with Crippen LogP contribution in [0.5, 0.6) is 0 Å². The summed E-state index contributed by atoms with van der Waals surface area (Å²) in [4.78, 5) is 8.35. The molecule has 0 aromatic rings. The first-order chi connectivity index (χ1) is 4.33. The molecule has 1 N–H and O–H groups in total. The Labute approximate surface area is 56.1 Å².